The zero-order valence-electron chi connectivity index (χ0n) is 6.51. The van der Waals surface area contributed by atoms with Crippen LogP contribution in [0, 0.1) is 11.8 Å². The van der Waals surface area contributed by atoms with E-state index in [1.54, 1.807) is 0 Å². The van der Waals surface area contributed by atoms with E-state index < -0.39 is 0 Å². The fourth-order valence-corrected chi connectivity index (χ4v) is 2.91. The average molecular weight is 152 g/mol. The largest absolute Gasteiger partial charge is 0.459 e. The van der Waals surface area contributed by atoms with Crippen LogP contribution >= 0.6 is 0 Å². The Morgan fingerprint density at radius 3 is 2.82 bits per heavy atom. The van der Waals surface area contributed by atoms with Crippen molar-refractivity contribution in [1.82, 2.24) is 0 Å². The molecule has 0 radical (unpaired) electrons. The van der Waals surface area contributed by atoms with Crippen molar-refractivity contribution in [1.29, 1.82) is 0 Å². The van der Waals surface area contributed by atoms with Crippen LogP contribution in [0.5, 0.6) is 0 Å². The molecule has 2 saturated carbocycles. The predicted molar refractivity (Wildman–Crippen MR) is 38.9 cm³/mol. The van der Waals surface area contributed by atoms with Crippen LogP contribution < -0.4 is 0 Å². The quantitative estimate of drug-likeness (QED) is 0.491. The molecule has 0 aromatic carbocycles. The monoisotopic (exact) mass is 152 g/mol. The molecule has 0 bridgehead atoms. The summed E-state index contributed by atoms with van der Waals surface area (Å²) >= 11 is 0. The Hall–Kier alpha value is -0.530. The molecule has 0 aromatic heterocycles. The summed E-state index contributed by atoms with van der Waals surface area (Å²) in [6, 6.07) is 0. The highest BCUT2D eigenvalue weighted by Gasteiger charge is 2.61. The summed E-state index contributed by atoms with van der Waals surface area (Å²) in [4.78, 5) is 10.9. The van der Waals surface area contributed by atoms with Gasteiger partial charge in [0.1, 0.15) is 5.60 Å². The first kappa shape index (κ1) is 6.04. The SMILES string of the molecule is O=C1CCC2(CC[C@@H]3C[C@@H]32)O1. The molecule has 3 atom stereocenters. The molecule has 1 unspecified atom stereocenters. The second-order valence-corrected chi connectivity index (χ2v) is 4.18. The van der Waals surface area contributed by atoms with Gasteiger partial charge in [0.2, 0.25) is 0 Å². The zero-order chi connectivity index (χ0) is 7.47. The van der Waals surface area contributed by atoms with Crippen LogP contribution in [0.3, 0.4) is 0 Å². The van der Waals surface area contributed by atoms with Gasteiger partial charge in [-0.3, -0.25) is 4.79 Å². The van der Waals surface area contributed by atoms with Gasteiger partial charge in [0.25, 0.3) is 0 Å². The van der Waals surface area contributed by atoms with E-state index in [4.69, 9.17) is 4.74 Å². The standard InChI is InChI=1S/C9H12O2/c10-8-2-4-9(11-8)3-1-6-5-7(6)9/h6-7H,1-5H2/t6-,7+,9?/m1/s1. The fraction of sp³-hybridized carbons (Fsp3) is 0.889. The van der Waals surface area contributed by atoms with E-state index in [9.17, 15) is 4.79 Å². The van der Waals surface area contributed by atoms with E-state index >= 15 is 0 Å². The smallest absolute Gasteiger partial charge is 0.306 e. The van der Waals surface area contributed by atoms with Crippen molar-refractivity contribution in [2.75, 3.05) is 0 Å². The maximum atomic E-state index is 10.9. The van der Waals surface area contributed by atoms with Crippen molar-refractivity contribution < 1.29 is 9.53 Å². The Morgan fingerprint density at radius 1 is 1.45 bits per heavy atom. The van der Waals surface area contributed by atoms with Gasteiger partial charge in [-0.15, -0.1) is 0 Å². The summed E-state index contributed by atoms with van der Waals surface area (Å²) in [5, 5.41) is 0. The lowest BCUT2D eigenvalue weighted by atomic mass is 9.94. The highest BCUT2D eigenvalue weighted by atomic mass is 16.6. The average Bonchev–Trinajstić information content (AvgIpc) is 2.60. The topological polar surface area (TPSA) is 26.3 Å². The number of esters is 1. The highest BCUT2D eigenvalue weighted by molar-refractivity contribution is 5.72. The predicted octanol–water partition coefficient (Wildman–Crippen LogP) is 1.49. The molecule has 11 heavy (non-hydrogen) atoms. The van der Waals surface area contributed by atoms with E-state index in [1.807, 2.05) is 0 Å². The Morgan fingerprint density at radius 2 is 2.36 bits per heavy atom. The highest BCUT2D eigenvalue weighted by Crippen LogP contribution is 2.62. The summed E-state index contributed by atoms with van der Waals surface area (Å²) in [5.41, 5.74) is 0.0434. The number of fused-ring (bicyclic) bond motifs is 2. The van der Waals surface area contributed by atoms with Crippen molar-refractivity contribution >= 4 is 5.97 Å². The van der Waals surface area contributed by atoms with E-state index in [-0.39, 0.29) is 11.6 Å². The number of carbonyl (C=O) groups excluding carboxylic acids is 1. The molecule has 0 amide bonds. The van der Waals surface area contributed by atoms with Gasteiger partial charge < -0.3 is 4.74 Å². The number of carbonyl (C=O) groups is 1. The van der Waals surface area contributed by atoms with E-state index in [2.05, 4.69) is 0 Å². The Labute approximate surface area is 65.9 Å². The maximum absolute atomic E-state index is 10.9. The van der Waals surface area contributed by atoms with Crippen LogP contribution in [-0.2, 0) is 9.53 Å². The summed E-state index contributed by atoms with van der Waals surface area (Å²) in [7, 11) is 0. The molecule has 1 spiro atoms. The van der Waals surface area contributed by atoms with Crippen LogP contribution in [0.4, 0.5) is 0 Å². The van der Waals surface area contributed by atoms with Gasteiger partial charge in [0, 0.05) is 12.3 Å². The Bertz CT molecular complexity index is 224. The summed E-state index contributed by atoms with van der Waals surface area (Å²) in [6.45, 7) is 0. The van der Waals surface area contributed by atoms with Gasteiger partial charge in [-0.2, -0.15) is 0 Å². The van der Waals surface area contributed by atoms with Gasteiger partial charge in [-0.1, -0.05) is 0 Å². The molecule has 1 aliphatic heterocycles. The molecule has 1 saturated heterocycles. The normalized spacial score (nSPS) is 52.9. The lowest BCUT2D eigenvalue weighted by Gasteiger charge is -2.23. The van der Waals surface area contributed by atoms with Gasteiger partial charge in [0.15, 0.2) is 0 Å². The first-order chi connectivity index (χ1) is 5.30. The molecule has 1 heterocycles. The Kier molecular flexibility index (Phi) is 0.890. The molecular formula is C9H12O2. The van der Waals surface area contributed by atoms with Crippen LogP contribution in [0.2, 0.25) is 0 Å². The molecular weight excluding hydrogens is 140 g/mol. The number of hydrogen-bond acceptors (Lipinski definition) is 2. The lowest BCUT2D eigenvalue weighted by molar-refractivity contribution is -0.149. The molecule has 0 N–H and O–H groups in total. The number of rotatable bonds is 0. The third-order valence-electron chi connectivity index (χ3n) is 3.61. The van der Waals surface area contributed by atoms with Crippen molar-refractivity contribution in [2.45, 2.75) is 37.7 Å². The minimum Gasteiger partial charge on any atom is -0.459 e. The second-order valence-electron chi connectivity index (χ2n) is 4.18. The van der Waals surface area contributed by atoms with Crippen molar-refractivity contribution in [3.05, 3.63) is 0 Å². The second kappa shape index (κ2) is 1.62. The Balaban J connectivity index is 1.89. The molecule has 2 heteroatoms. The summed E-state index contributed by atoms with van der Waals surface area (Å²) in [5.74, 6) is 1.72. The number of hydrogen-bond donors (Lipinski definition) is 0. The van der Waals surface area contributed by atoms with E-state index in [0.29, 0.717) is 6.42 Å². The minimum atomic E-state index is 0.0394. The zero-order valence-corrected chi connectivity index (χ0v) is 6.51. The van der Waals surface area contributed by atoms with Crippen LogP contribution in [0.25, 0.3) is 0 Å². The summed E-state index contributed by atoms with van der Waals surface area (Å²) < 4.78 is 5.42. The van der Waals surface area contributed by atoms with E-state index in [0.717, 1.165) is 24.7 Å². The van der Waals surface area contributed by atoms with Crippen molar-refractivity contribution in [3.63, 3.8) is 0 Å². The lowest BCUT2D eigenvalue weighted by Crippen LogP contribution is -2.28. The van der Waals surface area contributed by atoms with Crippen LogP contribution in [0.15, 0.2) is 0 Å². The van der Waals surface area contributed by atoms with Crippen LogP contribution in [-0.4, -0.2) is 11.6 Å². The van der Waals surface area contributed by atoms with Gasteiger partial charge in [-0.05, 0) is 31.6 Å². The maximum Gasteiger partial charge on any atom is 0.306 e. The first-order valence-corrected chi connectivity index (χ1v) is 4.52. The summed E-state index contributed by atoms with van der Waals surface area (Å²) in [6.07, 6.45) is 5.45. The number of ether oxygens (including phenoxy) is 1. The van der Waals surface area contributed by atoms with Gasteiger partial charge in [0.05, 0.1) is 0 Å². The van der Waals surface area contributed by atoms with Crippen LogP contribution in [0.1, 0.15) is 32.1 Å². The molecule has 2 nitrogen and oxygen atoms in total. The molecule has 3 rings (SSSR count). The third-order valence-corrected chi connectivity index (χ3v) is 3.61. The molecule has 60 valence electrons. The molecule has 0 aromatic rings. The molecule has 3 aliphatic rings. The molecule has 2 aliphatic carbocycles. The minimum absolute atomic E-state index is 0.0394. The van der Waals surface area contributed by atoms with Gasteiger partial charge >= 0.3 is 5.97 Å². The first-order valence-electron chi connectivity index (χ1n) is 4.52. The fourth-order valence-electron chi connectivity index (χ4n) is 2.91. The van der Waals surface area contributed by atoms with E-state index in [1.165, 1.54) is 12.8 Å². The van der Waals surface area contributed by atoms with Crippen molar-refractivity contribution in [2.24, 2.45) is 11.8 Å². The van der Waals surface area contributed by atoms with Gasteiger partial charge in [-0.25, -0.2) is 0 Å². The third kappa shape index (κ3) is 0.652. The molecule has 3 fully saturated rings. The van der Waals surface area contributed by atoms with Crippen molar-refractivity contribution in [3.8, 4) is 0 Å².